The van der Waals surface area contributed by atoms with Crippen LogP contribution >= 0.6 is 0 Å². The van der Waals surface area contributed by atoms with Crippen molar-refractivity contribution in [3.05, 3.63) is 107 Å². The number of anilines is 1. The molecule has 0 radical (unpaired) electrons. The number of nitrogen functional groups attached to an aromatic ring is 1. The molecule has 1 aliphatic rings. The van der Waals surface area contributed by atoms with E-state index in [-0.39, 0.29) is 5.82 Å². The van der Waals surface area contributed by atoms with Crippen LogP contribution in [0.3, 0.4) is 0 Å². The topological polar surface area (TPSA) is 105 Å². The minimum atomic E-state index is -0.670. The molecule has 2 aromatic heterocycles. The molecule has 0 fully saturated rings. The summed E-state index contributed by atoms with van der Waals surface area (Å²) in [6.45, 7) is 2.35. The molecule has 5 aromatic rings. The number of para-hydroxylation sites is 1. The van der Waals surface area contributed by atoms with Gasteiger partial charge in [-0.25, -0.2) is 19.0 Å². The van der Waals surface area contributed by atoms with Crippen LogP contribution in [0.15, 0.2) is 84.9 Å². The number of aromatic nitrogens is 4. The summed E-state index contributed by atoms with van der Waals surface area (Å²) in [5.74, 6) is 0.220. The molecule has 8 nitrogen and oxygen atoms in total. The molecule has 2 N–H and O–H groups in total. The molecule has 2 unspecified atom stereocenters. The molecule has 0 amide bonds. The molecule has 3 aromatic carbocycles. The maximum atomic E-state index is 14.4. The van der Waals surface area contributed by atoms with Crippen molar-refractivity contribution in [2.75, 3.05) is 12.8 Å². The summed E-state index contributed by atoms with van der Waals surface area (Å²) in [6, 6.07) is 20.8. The van der Waals surface area contributed by atoms with Gasteiger partial charge in [0.25, 0.3) is 0 Å². The molecule has 0 saturated heterocycles. The van der Waals surface area contributed by atoms with E-state index in [0.717, 1.165) is 17.4 Å². The normalized spacial score (nSPS) is 15.5. The third kappa shape index (κ3) is 4.30. The van der Waals surface area contributed by atoms with Gasteiger partial charge < -0.3 is 20.0 Å². The third-order valence-electron chi connectivity index (χ3n) is 7.10. The quantitative estimate of drug-likeness (QED) is 0.266. The van der Waals surface area contributed by atoms with Gasteiger partial charge in [-0.2, -0.15) is 5.10 Å². The summed E-state index contributed by atoms with van der Waals surface area (Å²) in [4.78, 5) is 21.3. The van der Waals surface area contributed by atoms with Crippen LogP contribution in [-0.4, -0.2) is 33.1 Å². The van der Waals surface area contributed by atoms with Crippen LogP contribution in [-0.2, 0) is 16.1 Å². The van der Waals surface area contributed by atoms with Gasteiger partial charge >= 0.3 is 0 Å². The lowest BCUT2D eigenvalue weighted by Crippen LogP contribution is -2.23. The van der Waals surface area contributed by atoms with E-state index in [1.807, 2.05) is 55.5 Å². The van der Waals surface area contributed by atoms with Crippen molar-refractivity contribution in [2.24, 2.45) is 0 Å². The Labute approximate surface area is 229 Å². The molecule has 1 aliphatic heterocycles. The standard InChI is InChI=1S/C31H26FN5O3/c1-18(29-26(20-8-6-10-22(32)14-20)24(15-38)23-11-3-4-12-25(23)40-29)37-31-27(30(33)34-17-35-31)28(36-37)21-9-5-7-19(13-21)16-39-2/h3-15,17-18,24H,16H2,1-2H3,(H2,33,34,35). The fourth-order valence-corrected chi connectivity index (χ4v) is 5.30. The van der Waals surface area contributed by atoms with Crippen molar-refractivity contribution in [1.29, 1.82) is 0 Å². The summed E-state index contributed by atoms with van der Waals surface area (Å²) < 4.78 is 27.9. The van der Waals surface area contributed by atoms with Gasteiger partial charge in [-0.15, -0.1) is 0 Å². The van der Waals surface area contributed by atoms with E-state index in [4.69, 9.17) is 20.3 Å². The van der Waals surface area contributed by atoms with Gasteiger partial charge in [0, 0.05) is 23.8 Å². The van der Waals surface area contributed by atoms with E-state index in [2.05, 4.69) is 9.97 Å². The van der Waals surface area contributed by atoms with Gasteiger partial charge in [0.1, 0.15) is 47.5 Å². The number of carbonyl (C=O) groups is 1. The second-order valence-electron chi connectivity index (χ2n) is 9.60. The number of methoxy groups -OCH3 is 1. The van der Waals surface area contributed by atoms with Crippen LogP contribution in [0.1, 0.15) is 35.6 Å². The van der Waals surface area contributed by atoms with E-state index in [1.54, 1.807) is 23.9 Å². The second kappa shape index (κ2) is 10.3. The van der Waals surface area contributed by atoms with Crippen LogP contribution in [0.4, 0.5) is 10.2 Å². The van der Waals surface area contributed by atoms with Crippen molar-refractivity contribution in [3.63, 3.8) is 0 Å². The lowest BCUT2D eigenvalue weighted by Gasteiger charge is -2.31. The summed E-state index contributed by atoms with van der Waals surface area (Å²) in [5, 5.41) is 5.56. The Morgan fingerprint density at radius 2 is 1.88 bits per heavy atom. The highest BCUT2D eigenvalue weighted by Gasteiger charge is 2.35. The number of hydrogen-bond acceptors (Lipinski definition) is 7. The zero-order valence-electron chi connectivity index (χ0n) is 21.9. The minimum Gasteiger partial charge on any atom is -0.459 e. The van der Waals surface area contributed by atoms with Crippen molar-refractivity contribution in [2.45, 2.75) is 25.5 Å². The van der Waals surface area contributed by atoms with Crippen molar-refractivity contribution in [3.8, 4) is 17.0 Å². The molecule has 0 saturated carbocycles. The van der Waals surface area contributed by atoms with Gasteiger partial charge in [0.2, 0.25) is 0 Å². The van der Waals surface area contributed by atoms with Crippen LogP contribution in [0.25, 0.3) is 27.9 Å². The van der Waals surface area contributed by atoms with E-state index in [9.17, 15) is 9.18 Å². The van der Waals surface area contributed by atoms with Crippen molar-refractivity contribution in [1.82, 2.24) is 19.7 Å². The van der Waals surface area contributed by atoms with Crippen LogP contribution < -0.4 is 10.5 Å². The molecule has 0 spiro atoms. The number of rotatable bonds is 7. The average Bonchev–Trinajstić information content (AvgIpc) is 3.37. The summed E-state index contributed by atoms with van der Waals surface area (Å²) in [5.41, 5.74) is 11.1. The maximum absolute atomic E-state index is 14.4. The molecule has 40 heavy (non-hydrogen) atoms. The number of hydrogen-bond donors (Lipinski definition) is 1. The Kier molecular flexibility index (Phi) is 6.57. The third-order valence-corrected chi connectivity index (χ3v) is 7.10. The number of benzene rings is 3. The first kappa shape index (κ1) is 25.4. The van der Waals surface area contributed by atoms with Crippen LogP contribution in [0.2, 0.25) is 0 Å². The molecule has 6 rings (SSSR count). The highest BCUT2D eigenvalue weighted by atomic mass is 19.1. The number of nitrogens with zero attached hydrogens (tertiary/aromatic N) is 4. The lowest BCUT2D eigenvalue weighted by molar-refractivity contribution is -0.108. The molecule has 3 heterocycles. The molecule has 0 aliphatic carbocycles. The van der Waals surface area contributed by atoms with Crippen molar-refractivity contribution < 1.29 is 18.7 Å². The van der Waals surface area contributed by atoms with Gasteiger partial charge in [-0.05, 0) is 42.3 Å². The van der Waals surface area contributed by atoms with Gasteiger partial charge in [-0.1, -0.05) is 48.5 Å². The number of ether oxygens (including phenoxy) is 2. The second-order valence-corrected chi connectivity index (χ2v) is 9.60. The van der Waals surface area contributed by atoms with Gasteiger partial charge in [-0.3, -0.25) is 0 Å². The maximum Gasteiger partial charge on any atom is 0.164 e. The van der Waals surface area contributed by atoms with Gasteiger partial charge in [0.05, 0.1) is 17.9 Å². The largest absolute Gasteiger partial charge is 0.459 e. The molecular formula is C31H26FN5O3. The Hall–Kier alpha value is -4.89. The highest BCUT2D eigenvalue weighted by molar-refractivity contribution is 5.98. The SMILES string of the molecule is COCc1cccc(-c2nn(C(C)C3=C(c4cccc(F)c4)C(C=O)c4ccccc4O3)c3ncnc(N)c23)c1. The van der Waals surface area contributed by atoms with E-state index in [1.165, 1.54) is 18.5 Å². The van der Waals surface area contributed by atoms with E-state index < -0.39 is 17.8 Å². The fraction of sp³-hybridized carbons (Fsp3) is 0.161. The summed E-state index contributed by atoms with van der Waals surface area (Å²) in [7, 11) is 1.64. The minimum absolute atomic E-state index is 0.288. The Balaban J connectivity index is 1.58. The Morgan fingerprint density at radius 1 is 1.07 bits per heavy atom. The first-order valence-electron chi connectivity index (χ1n) is 12.8. The molecule has 200 valence electrons. The zero-order chi connectivity index (χ0) is 27.8. The van der Waals surface area contributed by atoms with Crippen molar-refractivity contribution >= 4 is 28.7 Å². The fourth-order valence-electron chi connectivity index (χ4n) is 5.30. The predicted molar refractivity (Wildman–Crippen MR) is 150 cm³/mol. The zero-order valence-corrected chi connectivity index (χ0v) is 21.9. The van der Waals surface area contributed by atoms with E-state index in [0.29, 0.717) is 51.5 Å². The molecule has 0 bridgehead atoms. The number of fused-ring (bicyclic) bond motifs is 2. The number of nitrogens with two attached hydrogens (primary N) is 1. The molecule has 2 atom stereocenters. The number of carbonyl (C=O) groups excluding carboxylic acids is 1. The van der Waals surface area contributed by atoms with Gasteiger partial charge in [0.15, 0.2) is 5.65 Å². The number of halogens is 1. The molecule has 9 heteroatoms. The average molecular weight is 536 g/mol. The Morgan fingerprint density at radius 3 is 2.67 bits per heavy atom. The van der Waals surface area contributed by atoms with Crippen LogP contribution in [0.5, 0.6) is 5.75 Å². The summed E-state index contributed by atoms with van der Waals surface area (Å²) >= 11 is 0. The number of allylic oxidation sites excluding steroid dienone is 2. The first-order valence-corrected chi connectivity index (χ1v) is 12.8. The lowest BCUT2D eigenvalue weighted by atomic mass is 9.83. The predicted octanol–water partition coefficient (Wildman–Crippen LogP) is 5.71. The Bertz CT molecular complexity index is 1780. The number of aldehydes is 1. The summed E-state index contributed by atoms with van der Waals surface area (Å²) in [6.07, 6.45) is 2.25. The smallest absolute Gasteiger partial charge is 0.164 e. The van der Waals surface area contributed by atoms with E-state index >= 15 is 0 Å². The first-order chi connectivity index (χ1) is 19.5. The molecular weight excluding hydrogens is 509 g/mol. The highest BCUT2D eigenvalue weighted by Crippen LogP contribution is 2.46. The van der Waals surface area contributed by atoms with Crippen LogP contribution in [0, 0.1) is 5.82 Å². The monoisotopic (exact) mass is 535 g/mol.